The highest BCUT2D eigenvalue weighted by atomic mass is 35.5. The fourth-order valence-corrected chi connectivity index (χ4v) is 4.04. The van der Waals surface area contributed by atoms with Crippen molar-refractivity contribution in [3.05, 3.63) is 82.1 Å². The molecular weight excluding hydrogens is 386 g/mol. The number of hydrogen-bond acceptors (Lipinski definition) is 3. The summed E-state index contributed by atoms with van der Waals surface area (Å²) in [6, 6.07) is 15.6. The van der Waals surface area contributed by atoms with E-state index in [1.807, 2.05) is 37.4 Å². The van der Waals surface area contributed by atoms with Crippen LogP contribution in [0.3, 0.4) is 0 Å². The maximum atomic E-state index is 12.5. The number of aryl methyl sites for hydroxylation is 1. The Labute approximate surface area is 175 Å². The number of nitrogens with zero attached hydrogens (tertiary/aromatic N) is 2. The Morgan fingerprint density at radius 2 is 2.10 bits per heavy atom. The van der Waals surface area contributed by atoms with Gasteiger partial charge in [0.1, 0.15) is 5.75 Å². The molecular formula is C23H24ClN3O2. The number of carbonyl (C=O) groups is 1. The van der Waals surface area contributed by atoms with Crippen LogP contribution in [0.15, 0.2) is 54.7 Å². The molecule has 29 heavy (non-hydrogen) atoms. The number of ether oxygens (including phenoxy) is 1. The second-order valence-electron chi connectivity index (χ2n) is 7.40. The Hall–Kier alpha value is -2.79. The minimum atomic E-state index is -0.131. The van der Waals surface area contributed by atoms with E-state index in [9.17, 15) is 4.79 Å². The fraction of sp³-hybridized carbons (Fsp3) is 0.304. The molecule has 0 saturated carbocycles. The van der Waals surface area contributed by atoms with Crippen molar-refractivity contribution >= 4 is 17.5 Å². The number of amides is 1. The van der Waals surface area contributed by atoms with E-state index < -0.39 is 0 Å². The van der Waals surface area contributed by atoms with Gasteiger partial charge < -0.3 is 10.1 Å². The van der Waals surface area contributed by atoms with Gasteiger partial charge in [0.15, 0.2) is 6.61 Å². The highest BCUT2D eigenvalue weighted by Crippen LogP contribution is 2.30. The van der Waals surface area contributed by atoms with Crippen molar-refractivity contribution in [2.75, 3.05) is 6.61 Å². The Morgan fingerprint density at radius 1 is 1.28 bits per heavy atom. The van der Waals surface area contributed by atoms with Crippen LogP contribution in [0, 0.1) is 6.92 Å². The maximum absolute atomic E-state index is 12.5. The summed E-state index contributed by atoms with van der Waals surface area (Å²) in [5, 5.41) is 8.35. The number of carbonyl (C=O) groups excluding carboxylic acids is 1. The van der Waals surface area contributed by atoms with Crippen LogP contribution in [0.5, 0.6) is 5.75 Å². The van der Waals surface area contributed by atoms with Crippen molar-refractivity contribution in [2.24, 2.45) is 0 Å². The normalized spacial score (nSPS) is 15.6. The smallest absolute Gasteiger partial charge is 0.258 e. The molecule has 0 spiro atoms. The zero-order valence-electron chi connectivity index (χ0n) is 16.4. The average Bonchev–Trinajstić information content (AvgIpc) is 3.12. The molecule has 3 aromatic rings. The molecule has 1 heterocycles. The number of nitrogens with one attached hydrogen (secondary N) is 1. The SMILES string of the molecule is Cc1cc(Cl)ccc1OCC(=O)NC1CCCc2c1cnn2Cc1ccccc1. The summed E-state index contributed by atoms with van der Waals surface area (Å²) in [6.45, 7) is 2.63. The van der Waals surface area contributed by atoms with Crippen LogP contribution in [0.1, 0.15) is 41.3 Å². The third-order valence-corrected chi connectivity index (χ3v) is 5.50. The maximum Gasteiger partial charge on any atom is 0.258 e. The van der Waals surface area contributed by atoms with Gasteiger partial charge in [-0.25, -0.2) is 0 Å². The lowest BCUT2D eigenvalue weighted by atomic mass is 9.93. The molecule has 150 valence electrons. The second kappa shape index (κ2) is 8.70. The first-order valence-corrected chi connectivity index (χ1v) is 10.2. The molecule has 2 aromatic carbocycles. The van der Waals surface area contributed by atoms with Gasteiger partial charge in [-0.1, -0.05) is 41.9 Å². The van der Waals surface area contributed by atoms with E-state index in [4.69, 9.17) is 16.3 Å². The Kier molecular flexibility index (Phi) is 5.86. The van der Waals surface area contributed by atoms with Crippen molar-refractivity contribution in [3.63, 3.8) is 0 Å². The summed E-state index contributed by atoms with van der Waals surface area (Å²) in [6.07, 6.45) is 4.81. The predicted octanol–water partition coefficient (Wildman–Crippen LogP) is 4.47. The van der Waals surface area contributed by atoms with E-state index in [0.29, 0.717) is 10.8 Å². The molecule has 1 aromatic heterocycles. The summed E-state index contributed by atoms with van der Waals surface area (Å²) in [5.41, 5.74) is 4.45. The molecule has 1 atom stereocenters. The summed E-state index contributed by atoms with van der Waals surface area (Å²) in [5.74, 6) is 0.539. The van der Waals surface area contributed by atoms with Crippen molar-refractivity contribution in [1.29, 1.82) is 0 Å². The van der Waals surface area contributed by atoms with Gasteiger partial charge in [0.2, 0.25) is 0 Å². The number of aromatic nitrogens is 2. The quantitative estimate of drug-likeness (QED) is 0.653. The molecule has 0 bridgehead atoms. The van der Waals surface area contributed by atoms with Gasteiger partial charge in [0.25, 0.3) is 5.91 Å². The number of halogens is 1. The zero-order chi connectivity index (χ0) is 20.2. The molecule has 0 aliphatic heterocycles. The summed E-state index contributed by atoms with van der Waals surface area (Å²) in [4.78, 5) is 12.5. The molecule has 1 aliphatic carbocycles. The Balaban J connectivity index is 1.40. The third-order valence-electron chi connectivity index (χ3n) is 5.27. The first-order valence-electron chi connectivity index (χ1n) is 9.87. The molecule has 0 fully saturated rings. The van der Waals surface area contributed by atoms with Crippen LogP contribution in [0.25, 0.3) is 0 Å². The van der Waals surface area contributed by atoms with Crippen LogP contribution in [0.4, 0.5) is 0 Å². The second-order valence-corrected chi connectivity index (χ2v) is 7.84. The van der Waals surface area contributed by atoms with E-state index in [1.54, 1.807) is 12.1 Å². The number of hydrogen-bond donors (Lipinski definition) is 1. The highest BCUT2D eigenvalue weighted by molar-refractivity contribution is 6.30. The van der Waals surface area contributed by atoms with Crippen LogP contribution in [-0.4, -0.2) is 22.3 Å². The Morgan fingerprint density at radius 3 is 2.90 bits per heavy atom. The van der Waals surface area contributed by atoms with Crippen molar-refractivity contribution in [1.82, 2.24) is 15.1 Å². The summed E-state index contributed by atoms with van der Waals surface area (Å²) >= 11 is 5.97. The minimum absolute atomic E-state index is 0.0214. The van der Waals surface area contributed by atoms with E-state index in [2.05, 4.69) is 27.2 Å². The largest absolute Gasteiger partial charge is 0.484 e. The molecule has 1 unspecified atom stereocenters. The predicted molar refractivity (Wildman–Crippen MR) is 113 cm³/mol. The lowest BCUT2D eigenvalue weighted by molar-refractivity contribution is -0.124. The monoisotopic (exact) mass is 409 g/mol. The Bertz CT molecular complexity index is 1000. The number of rotatable bonds is 6. The van der Waals surface area contributed by atoms with Gasteiger partial charge in [-0.05, 0) is 55.5 Å². The van der Waals surface area contributed by atoms with E-state index in [0.717, 1.165) is 36.9 Å². The molecule has 1 aliphatic rings. The van der Waals surface area contributed by atoms with Crippen molar-refractivity contribution in [2.45, 2.75) is 38.8 Å². The summed E-state index contributed by atoms with van der Waals surface area (Å²) < 4.78 is 7.73. The van der Waals surface area contributed by atoms with Gasteiger partial charge in [-0.15, -0.1) is 0 Å². The lowest BCUT2D eigenvalue weighted by Gasteiger charge is -2.24. The molecule has 1 N–H and O–H groups in total. The van der Waals surface area contributed by atoms with Crippen molar-refractivity contribution in [3.8, 4) is 5.75 Å². The summed E-state index contributed by atoms with van der Waals surface area (Å²) in [7, 11) is 0. The average molecular weight is 410 g/mol. The lowest BCUT2D eigenvalue weighted by Crippen LogP contribution is -2.34. The van der Waals surface area contributed by atoms with E-state index in [1.165, 1.54) is 11.3 Å². The molecule has 6 heteroatoms. The zero-order valence-corrected chi connectivity index (χ0v) is 17.2. The van der Waals surface area contributed by atoms with Gasteiger partial charge in [-0.3, -0.25) is 9.48 Å². The van der Waals surface area contributed by atoms with Crippen LogP contribution < -0.4 is 10.1 Å². The molecule has 0 radical (unpaired) electrons. The standard InChI is InChI=1S/C23H24ClN3O2/c1-16-12-18(24)10-11-22(16)29-15-23(28)26-20-8-5-9-21-19(20)13-25-27(21)14-17-6-3-2-4-7-17/h2-4,6-7,10-13,20H,5,8-9,14-15H2,1H3,(H,26,28). The highest BCUT2D eigenvalue weighted by Gasteiger charge is 2.25. The number of fused-ring (bicyclic) bond motifs is 1. The fourth-order valence-electron chi connectivity index (χ4n) is 3.82. The minimum Gasteiger partial charge on any atom is -0.484 e. The molecule has 5 nitrogen and oxygen atoms in total. The van der Waals surface area contributed by atoms with Gasteiger partial charge in [-0.2, -0.15) is 5.10 Å². The van der Waals surface area contributed by atoms with Crippen LogP contribution in [0.2, 0.25) is 5.02 Å². The number of benzene rings is 2. The van der Waals surface area contributed by atoms with Crippen LogP contribution >= 0.6 is 11.6 Å². The molecule has 4 rings (SSSR count). The first-order chi connectivity index (χ1) is 14.1. The van der Waals surface area contributed by atoms with E-state index in [-0.39, 0.29) is 18.6 Å². The topological polar surface area (TPSA) is 56.1 Å². The van der Waals surface area contributed by atoms with Gasteiger partial charge in [0.05, 0.1) is 18.8 Å². The van der Waals surface area contributed by atoms with Gasteiger partial charge >= 0.3 is 0 Å². The third kappa shape index (κ3) is 4.62. The van der Waals surface area contributed by atoms with E-state index >= 15 is 0 Å². The molecule has 1 amide bonds. The van der Waals surface area contributed by atoms with Crippen molar-refractivity contribution < 1.29 is 9.53 Å². The van der Waals surface area contributed by atoms with Crippen LogP contribution in [-0.2, 0) is 17.8 Å². The first kappa shape index (κ1) is 19.5. The van der Waals surface area contributed by atoms with Gasteiger partial charge in [0, 0.05) is 16.3 Å². The molecule has 0 saturated heterocycles.